The van der Waals surface area contributed by atoms with Crippen LogP contribution in [0.1, 0.15) is 36.6 Å². The standard InChI is InChI=1S/C17H28N4OS/c1-20(2)15(16-7-5-11-23-16)12-18-17(22)19-13-8-10-21-9-4-3-6-14(13)21/h5,7,11,13-15H,3-4,6,8-10,12H2,1-2H3,(H2,18,19,22). The first-order valence-electron chi connectivity index (χ1n) is 8.63. The Morgan fingerprint density at radius 1 is 1.39 bits per heavy atom. The van der Waals surface area contributed by atoms with Crippen LogP contribution in [0.25, 0.3) is 0 Å². The van der Waals surface area contributed by atoms with Gasteiger partial charge in [-0.1, -0.05) is 12.5 Å². The largest absolute Gasteiger partial charge is 0.336 e. The highest BCUT2D eigenvalue weighted by Crippen LogP contribution is 2.27. The van der Waals surface area contributed by atoms with Crippen molar-refractivity contribution in [2.75, 3.05) is 33.7 Å². The van der Waals surface area contributed by atoms with Gasteiger partial charge in [0.15, 0.2) is 0 Å². The molecule has 1 aromatic heterocycles. The van der Waals surface area contributed by atoms with Crippen LogP contribution in [0.2, 0.25) is 0 Å². The molecule has 5 nitrogen and oxygen atoms in total. The molecule has 3 heterocycles. The minimum atomic E-state index is -0.0224. The van der Waals surface area contributed by atoms with Crippen molar-refractivity contribution in [2.45, 2.75) is 43.8 Å². The van der Waals surface area contributed by atoms with E-state index in [1.54, 1.807) is 11.3 Å². The lowest BCUT2D eigenvalue weighted by Gasteiger charge is -2.32. The Morgan fingerprint density at radius 3 is 3.00 bits per heavy atom. The van der Waals surface area contributed by atoms with Crippen molar-refractivity contribution in [3.8, 4) is 0 Å². The Bertz CT molecular complexity index is 505. The molecule has 128 valence electrons. The number of carbonyl (C=O) groups excluding carboxylic acids is 1. The molecular weight excluding hydrogens is 308 g/mol. The first-order chi connectivity index (χ1) is 11.1. The van der Waals surface area contributed by atoms with Crippen LogP contribution in [0.4, 0.5) is 4.79 Å². The van der Waals surface area contributed by atoms with Crippen molar-refractivity contribution in [3.05, 3.63) is 22.4 Å². The second-order valence-corrected chi connectivity index (χ2v) is 7.82. The maximum absolute atomic E-state index is 12.3. The molecule has 2 amide bonds. The molecule has 1 aromatic rings. The SMILES string of the molecule is CN(C)C(CNC(=O)NC1CCN2CCCCC12)c1cccs1. The van der Waals surface area contributed by atoms with Gasteiger partial charge in [0.1, 0.15) is 0 Å². The number of piperidine rings is 1. The van der Waals surface area contributed by atoms with Crippen molar-refractivity contribution < 1.29 is 4.79 Å². The predicted molar refractivity (Wildman–Crippen MR) is 94.9 cm³/mol. The summed E-state index contributed by atoms with van der Waals surface area (Å²) in [6.07, 6.45) is 4.91. The van der Waals surface area contributed by atoms with Gasteiger partial charge >= 0.3 is 6.03 Å². The molecule has 0 aliphatic carbocycles. The summed E-state index contributed by atoms with van der Waals surface area (Å²) in [5.74, 6) is 0. The molecule has 0 saturated carbocycles. The Hall–Kier alpha value is -1.11. The van der Waals surface area contributed by atoms with Gasteiger partial charge in [0.05, 0.1) is 6.04 Å². The third-order valence-corrected chi connectivity index (χ3v) is 6.10. The summed E-state index contributed by atoms with van der Waals surface area (Å²) in [6, 6.07) is 5.27. The first kappa shape index (κ1) is 16.7. The number of nitrogens with one attached hydrogen (secondary N) is 2. The Balaban J connectivity index is 1.49. The molecule has 0 radical (unpaired) electrons. The van der Waals surface area contributed by atoms with Gasteiger partial charge < -0.3 is 15.5 Å². The number of hydrogen-bond donors (Lipinski definition) is 2. The van der Waals surface area contributed by atoms with Crippen LogP contribution in [0.5, 0.6) is 0 Å². The number of nitrogens with zero attached hydrogens (tertiary/aromatic N) is 2. The van der Waals surface area contributed by atoms with E-state index in [1.807, 2.05) is 0 Å². The number of carbonyl (C=O) groups is 1. The maximum atomic E-state index is 12.3. The molecule has 2 N–H and O–H groups in total. The Morgan fingerprint density at radius 2 is 2.26 bits per heavy atom. The van der Waals surface area contributed by atoms with Crippen LogP contribution in [0.15, 0.2) is 17.5 Å². The molecule has 6 heteroatoms. The summed E-state index contributed by atoms with van der Waals surface area (Å²) in [4.78, 5) is 18.3. The van der Waals surface area contributed by atoms with Gasteiger partial charge in [0.2, 0.25) is 0 Å². The smallest absolute Gasteiger partial charge is 0.315 e. The lowest BCUT2D eigenvalue weighted by molar-refractivity contribution is 0.178. The second kappa shape index (κ2) is 7.64. The summed E-state index contributed by atoms with van der Waals surface area (Å²) < 4.78 is 0. The van der Waals surface area contributed by atoms with E-state index in [0.717, 1.165) is 13.0 Å². The summed E-state index contributed by atoms with van der Waals surface area (Å²) in [5.41, 5.74) is 0. The zero-order valence-corrected chi connectivity index (χ0v) is 14.9. The van der Waals surface area contributed by atoms with Crippen molar-refractivity contribution in [3.63, 3.8) is 0 Å². The normalized spacial score (nSPS) is 26.0. The molecular formula is C17H28N4OS. The molecule has 0 bridgehead atoms. The number of fused-ring (bicyclic) bond motifs is 1. The van der Waals surface area contributed by atoms with Gasteiger partial charge in [-0.15, -0.1) is 11.3 Å². The third kappa shape index (κ3) is 4.05. The summed E-state index contributed by atoms with van der Waals surface area (Å²) in [6.45, 7) is 2.97. The van der Waals surface area contributed by atoms with Gasteiger partial charge in [-0.2, -0.15) is 0 Å². The lowest BCUT2D eigenvalue weighted by atomic mass is 9.99. The average Bonchev–Trinajstić information content (AvgIpc) is 3.18. The number of urea groups is 1. The van der Waals surface area contributed by atoms with Gasteiger partial charge in [-0.3, -0.25) is 4.90 Å². The molecule has 2 aliphatic heterocycles. The van der Waals surface area contributed by atoms with E-state index in [1.165, 1.54) is 30.7 Å². The molecule has 3 rings (SSSR count). The van der Waals surface area contributed by atoms with Gasteiger partial charge in [-0.05, 0) is 51.3 Å². The van der Waals surface area contributed by atoms with E-state index < -0.39 is 0 Å². The highest BCUT2D eigenvalue weighted by Gasteiger charge is 2.36. The van der Waals surface area contributed by atoms with Gasteiger partial charge in [0.25, 0.3) is 0 Å². The molecule has 2 saturated heterocycles. The van der Waals surface area contributed by atoms with E-state index in [0.29, 0.717) is 18.6 Å². The van der Waals surface area contributed by atoms with Crippen LogP contribution < -0.4 is 10.6 Å². The van der Waals surface area contributed by atoms with Crippen molar-refractivity contribution >= 4 is 17.4 Å². The van der Waals surface area contributed by atoms with Gasteiger partial charge in [-0.25, -0.2) is 4.79 Å². The van der Waals surface area contributed by atoms with E-state index in [9.17, 15) is 4.79 Å². The maximum Gasteiger partial charge on any atom is 0.315 e. The van der Waals surface area contributed by atoms with E-state index >= 15 is 0 Å². The van der Waals surface area contributed by atoms with Crippen molar-refractivity contribution in [2.24, 2.45) is 0 Å². The number of amides is 2. The van der Waals surface area contributed by atoms with Crippen LogP contribution >= 0.6 is 11.3 Å². The van der Waals surface area contributed by atoms with Crippen LogP contribution in [0.3, 0.4) is 0 Å². The van der Waals surface area contributed by atoms with Crippen LogP contribution in [-0.4, -0.2) is 61.6 Å². The summed E-state index contributed by atoms with van der Waals surface area (Å²) >= 11 is 1.74. The number of rotatable bonds is 5. The second-order valence-electron chi connectivity index (χ2n) is 6.84. The molecule has 3 atom stereocenters. The molecule has 3 unspecified atom stereocenters. The Labute approximate surface area is 143 Å². The van der Waals surface area contributed by atoms with E-state index in [4.69, 9.17) is 0 Å². The zero-order chi connectivity index (χ0) is 16.2. The topological polar surface area (TPSA) is 47.6 Å². The summed E-state index contributed by atoms with van der Waals surface area (Å²) in [5, 5.41) is 8.37. The zero-order valence-electron chi connectivity index (χ0n) is 14.1. The fourth-order valence-electron chi connectivity index (χ4n) is 3.84. The third-order valence-electron chi connectivity index (χ3n) is 5.12. The molecule has 2 aliphatic rings. The number of hydrogen-bond acceptors (Lipinski definition) is 4. The van der Waals surface area contributed by atoms with E-state index in [-0.39, 0.29) is 12.1 Å². The minimum Gasteiger partial charge on any atom is -0.336 e. The molecule has 0 aromatic carbocycles. The Kier molecular flexibility index (Phi) is 5.56. The fourth-order valence-corrected chi connectivity index (χ4v) is 4.77. The summed E-state index contributed by atoms with van der Waals surface area (Å²) in [7, 11) is 4.11. The predicted octanol–water partition coefficient (Wildman–Crippen LogP) is 2.28. The minimum absolute atomic E-state index is 0.0224. The highest BCUT2D eigenvalue weighted by molar-refractivity contribution is 7.10. The first-order valence-corrected chi connectivity index (χ1v) is 9.51. The highest BCUT2D eigenvalue weighted by atomic mass is 32.1. The van der Waals surface area contributed by atoms with Crippen molar-refractivity contribution in [1.29, 1.82) is 0 Å². The fraction of sp³-hybridized carbons (Fsp3) is 0.706. The van der Waals surface area contributed by atoms with Crippen LogP contribution in [0, 0.1) is 0 Å². The molecule has 2 fully saturated rings. The quantitative estimate of drug-likeness (QED) is 0.867. The number of thiophene rings is 1. The van der Waals surface area contributed by atoms with Crippen LogP contribution in [-0.2, 0) is 0 Å². The van der Waals surface area contributed by atoms with E-state index in [2.05, 4.69) is 52.0 Å². The molecule has 0 spiro atoms. The monoisotopic (exact) mass is 336 g/mol. The molecule has 23 heavy (non-hydrogen) atoms. The van der Waals surface area contributed by atoms with Crippen molar-refractivity contribution in [1.82, 2.24) is 20.4 Å². The van der Waals surface area contributed by atoms with Gasteiger partial charge in [0, 0.05) is 30.1 Å². The average molecular weight is 337 g/mol. The lowest BCUT2D eigenvalue weighted by Crippen LogP contribution is -2.50. The number of likely N-dealkylation sites (N-methyl/N-ethyl adjacent to an activating group) is 1.